The van der Waals surface area contributed by atoms with Crippen molar-refractivity contribution < 1.29 is 18.7 Å². The van der Waals surface area contributed by atoms with Crippen LogP contribution in [0, 0.1) is 5.82 Å². The van der Waals surface area contributed by atoms with Gasteiger partial charge >= 0.3 is 5.97 Å². The number of carbonyl (C=O) groups excluding carboxylic acids is 2. The van der Waals surface area contributed by atoms with E-state index in [9.17, 15) is 14.0 Å². The zero-order chi connectivity index (χ0) is 17.4. The molecule has 0 heterocycles. The molecule has 1 amide bonds. The summed E-state index contributed by atoms with van der Waals surface area (Å²) in [6, 6.07) is 2.58. The molecule has 1 atom stereocenters. The first-order chi connectivity index (χ1) is 10.9. The number of nitrogens with one attached hydrogen (secondary N) is 1. The van der Waals surface area contributed by atoms with E-state index in [1.807, 2.05) is 6.92 Å². The van der Waals surface area contributed by atoms with E-state index in [1.54, 1.807) is 6.92 Å². The average molecular weight is 362 g/mol. The minimum Gasteiger partial charge on any atom is -0.468 e. The van der Waals surface area contributed by atoms with Crippen molar-refractivity contribution in [3.05, 3.63) is 23.0 Å². The number of thioether (sulfide) groups is 1. The van der Waals surface area contributed by atoms with Crippen molar-refractivity contribution in [3.63, 3.8) is 0 Å². The summed E-state index contributed by atoms with van der Waals surface area (Å²) in [5, 5.41) is 2.25. The van der Waals surface area contributed by atoms with Crippen molar-refractivity contribution in [1.29, 1.82) is 0 Å². The first-order valence-corrected chi connectivity index (χ1v) is 8.68. The predicted octanol–water partition coefficient (Wildman–Crippen LogP) is 4.65. The quantitative estimate of drug-likeness (QED) is 0.416. The predicted molar refractivity (Wildman–Crippen MR) is 91.5 cm³/mol. The molecule has 7 heteroatoms. The van der Waals surface area contributed by atoms with Crippen molar-refractivity contribution in [2.75, 3.05) is 12.4 Å². The maximum Gasteiger partial charge on any atom is 0.318 e. The van der Waals surface area contributed by atoms with Gasteiger partial charge in [-0.25, -0.2) is 4.39 Å². The summed E-state index contributed by atoms with van der Waals surface area (Å²) in [6.07, 6.45) is 3.07. The zero-order valence-electron chi connectivity index (χ0n) is 13.4. The molecule has 1 N–H and O–H groups in total. The molecule has 1 aromatic rings. The van der Waals surface area contributed by atoms with Gasteiger partial charge in [0, 0.05) is 11.3 Å². The van der Waals surface area contributed by atoms with Crippen LogP contribution in [0.4, 0.5) is 10.1 Å². The third kappa shape index (κ3) is 6.39. The monoisotopic (exact) mass is 361 g/mol. The number of halogens is 2. The second-order valence-corrected chi connectivity index (χ2v) is 6.84. The van der Waals surface area contributed by atoms with E-state index in [0.29, 0.717) is 11.3 Å². The lowest BCUT2D eigenvalue weighted by molar-refractivity contribution is -0.139. The van der Waals surface area contributed by atoms with Crippen molar-refractivity contribution >= 4 is 40.9 Å². The molecular weight excluding hydrogens is 341 g/mol. The van der Waals surface area contributed by atoms with Gasteiger partial charge in [0.15, 0.2) is 0 Å². The Morgan fingerprint density at radius 1 is 1.39 bits per heavy atom. The SMILES string of the molecule is CCCCCC(=O)Nc1cc(SC(C)C(=O)OC)c(Cl)cc1F. The van der Waals surface area contributed by atoms with Crippen LogP contribution in [0.25, 0.3) is 0 Å². The summed E-state index contributed by atoms with van der Waals surface area (Å²) in [5.41, 5.74) is 0.0652. The molecule has 1 unspecified atom stereocenters. The number of methoxy groups -OCH3 is 1. The summed E-state index contributed by atoms with van der Waals surface area (Å²) in [7, 11) is 1.30. The first kappa shape index (κ1) is 19.8. The normalized spacial score (nSPS) is 11.9. The molecule has 128 valence electrons. The highest BCUT2D eigenvalue weighted by Crippen LogP contribution is 2.34. The molecule has 0 bridgehead atoms. The number of ether oxygens (including phenoxy) is 1. The number of anilines is 1. The number of rotatable bonds is 8. The molecule has 0 spiro atoms. The minimum atomic E-state index is -0.603. The Bertz CT molecular complexity index is 569. The molecule has 1 aromatic carbocycles. The van der Waals surface area contributed by atoms with Gasteiger partial charge in [0.25, 0.3) is 0 Å². The number of esters is 1. The molecule has 1 rings (SSSR count). The summed E-state index contributed by atoms with van der Waals surface area (Å²) < 4.78 is 18.6. The fraction of sp³-hybridized carbons (Fsp3) is 0.500. The third-order valence-electron chi connectivity index (χ3n) is 3.14. The summed E-state index contributed by atoms with van der Waals surface area (Å²) in [4.78, 5) is 23.8. The number of hydrogen-bond donors (Lipinski definition) is 1. The number of carbonyl (C=O) groups is 2. The molecule has 0 radical (unpaired) electrons. The Hall–Kier alpha value is -1.27. The van der Waals surface area contributed by atoms with Gasteiger partial charge in [-0.05, 0) is 25.5 Å². The van der Waals surface area contributed by atoms with Crippen LogP contribution in [0.15, 0.2) is 17.0 Å². The Morgan fingerprint density at radius 2 is 2.09 bits per heavy atom. The number of amides is 1. The summed E-state index contributed by atoms with van der Waals surface area (Å²) in [6.45, 7) is 3.71. The van der Waals surface area contributed by atoms with Gasteiger partial charge in [0.2, 0.25) is 5.91 Å². The average Bonchev–Trinajstić information content (AvgIpc) is 2.51. The molecule has 0 aliphatic carbocycles. The molecule has 0 saturated carbocycles. The second-order valence-electron chi connectivity index (χ2n) is 5.05. The van der Waals surface area contributed by atoms with Crippen molar-refractivity contribution in [3.8, 4) is 0 Å². The molecule has 0 saturated heterocycles. The number of hydrogen-bond acceptors (Lipinski definition) is 4. The lowest BCUT2D eigenvalue weighted by atomic mass is 10.2. The highest BCUT2D eigenvalue weighted by molar-refractivity contribution is 8.00. The van der Waals surface area contributed by atoms with Crippen molar-refractivity contribution in [1.82, 2.24) is 0 Å². The van der Waals surface area contributed by atoms with Crippen LogP contribution in [-0.4, -0.2) is 24.2 Å². The topological polar surface area (TPSA) is 55.4 Å². The van der Waals surface area contributed by atoms with Gasteiger partial charge in [-0.1, -0.05) is 31.4 Å². The fourth-order valence-electron chi connectivity index (χ4n) is 1.87. The van der Waals surface area contributed by atoms with Crippen LogP contribution in [0.3, 0.4) is 0 Å². The maximum atomic E-state index is 13.9. The van der Waals surface area contributed by atoms with Crippen LogP contribution in [0.1, 0.15) is 39.5 Å². The summed E-state index contributed by atoms with van der Waals surface area (Å²) in [5.74, 6) is -1.24. The van der Waals surface area contributed by atoms with E-state index < -0.39 is 17.0 Å². The van der Waals surface area contributed by atoms with Crippen LogP contribution in [0.2, 0.25) is 5.02 Å². The first-order valence-electron chi connectivity index (χ1n) is 7.42. The zero-order valence-corrected chi connectivity index (χ0v) is 15.0. The lowest BCUT2D eigenvalue weighted by Crippen LogP contribution is -2.15. The molecule has 23 heavy (non-hydrogen) atoms. The highest BCUT2D eigenvalue weighted by Gasteiger charge is 2.18. The molecule has 0 aliphatic rings. The maximum absolute atomic E-state index is 13.9. The van der Waals surface area contributed by atoms with Crippen LogP contribution < -0.4 is 5.32 Å². The second kappa shape index (κ2) is 9.78. The Kier molecular flexibility index (Phi) is 8.41. The van der Waals surface area contributed by atoms with E-state index in [2.05, 4.69) is 10.1 Å². The summed E-state index contributed by atoms with van der Waals surface area (Å²) >= 11 is 7.16. The van der Waals surface area contributed by atoms with Gasteiger partial charge in [-0.15, -0.1) is 11.8 Å². The number of unbranched alkanes of at least 4 members (excludes halogenated alkanes) is 2. The molecule has 4 nitrogen and oxygen atoms in total. The van der Waals surface area contributed by atoms with Gasteiger partial charge in [0.1, 0.15) is 11.1 Å². The highest BCUT2D eigenvalue weighted by atomic mass is 35.5. The number of benzene rings is 1. The molecule has 0 aromatic heterocycles. The standard InChI is InChI=1S/C16H21ClFNO3S/c1-4-5-6-7-15(20)19-13-9-14(11(17)8-12(13)18)23-10(2)16(21)22-3/h8-10H,4-7H2,1-3H3,(H,19,20). The van der Waals surface area contributed by atoms with E-state index in [0.717, 1.165) is 37.1 Å². The molecular formula is C16H21ClFNO3S. The van der Waals surface area contributed by atoms with E-state index >= 15 is 0 Å². The van der Waals surface area contributed by atoms with Crippen LogP contribution in [-0.2, 0) is 14.3 Å². The Morgan fingerprint density at radius 3 is 2.70 bits per heavy atom. The van der Waals surface area contributed by atoms with E-state index in [4.69, 9.17) is 11.6 Å². The third-order valence-corrected chi connectivity index (χ3v) is 4.70. The van der Waals surface area contributed by atoms with Crippen molar-refractivity contribution in [2.24, 2.45) is 0 Å². The smallest absolute Gasteiger partial charge is 0.318 e. The minimum absolute atomic E-state index is 0.0652. The van der Waals surface area contributed by atoms with E-state index in [1.165, 1.54) is 13.2 Å². The Balaban J connectivity index is 2.83. The lowest BCUT2D eigenvalue weighted by Gasteiger charge is -2.13. The van der Waals surface area contributed by atoms with Gasteiger partial charge in [0.05, 0.1) is 17.8 Å². The van der Waals surface area contributed by atoms with E-state index in [-0.39, 0.29) is 16.6 Å². The largest absolute Gasteiger partial charge is 0.468 e. The Labute approximate surface area is 145 Å². The van der Waals surface area contributed by atoms with Crippen LogP contribution >= 0.6 is 23.4 Å². The fourth-order valence-corrected chi connectivity index (χ4v) is 3.08. The van der Waals surface area contributed by atoms with Gasteiger partial charge in [-0.3, -0.25) is 9.59 Å². The molecule has 0 fully saturated rings. The van der Waals surface area contributed by atoms with Gasteiger partial charge < -0.3 is 10.1 Å². The van der Waals surface area contributed by atoms with Gasteiger partial charge in [-0.2, -0.15) is 0 Å². The molecule has 0 aliphatic heterocycles. The van der Waals surface area contributed by atoms with Crippen molar-refractivity contribution in [2.45, 2.75) is 49.7 Å². The van der Waals surface area contributed by atoms with Crippen LogP contribution in [0.5, 0.6) is 0 Å².